The molecule has 208 valence electrons. The summed E-state index contributed by atoms with van der Waals surface area (Å²) >= 11 is 6.88. The number of nitro groups is 1. The van der Waals surface area contributed by atoms with Crippen LogP contribution in [0.4, 0.5) is 5.69 Å². The molecule has 0 fully saturated rings. The van der Waals surface area contributed by atoms with Crippen LogP contribution in [-0.4, -0.2) is 20.8 Å². The molecule has 6 aromatic rings. The Balaban J connectivity index is 1.42. The van der Waals surface area contributed by atoms with E-state index in [9.17, 15) is 14.9 Å². The standard InChI is InChI=1S/C31H20Br2N4O5/c1-18-5-4-6-19(11-18)17-41-29-24(33)12-20(13-26(29)37(39)40)16-34-36-30(35-25-8-3-2-7-23(25)31(36)38)28-15-21-14-22(32)9-10-27(21)42-28/h2-16H,17H2,1H3. The zero-order valence-electron chi connectivity index (χ0n) is 22.0. The van der Waals surface area contributed by atoms with E-state index in [1.807, 2.05) is 49.4 Å². The van der Waals surface area contributed by atoms with E-state index in [1.54, 1.807) is 36.4 Å². The second-order valence-corrected chi connectivity index (χ2v) is 11.3. The van der Waals surface area contributed by atoms with Crippen molar-refractivity contribution < 1.29 is 14.1 Å². The minimum absolute atomic E-state index is 0.0947. The number of nitrogens with zero attached hydrogens (tertiary/aromatic N) is 4. The first kappa shape index (κ1) is 27.6. The van der Waals surface area contributed by atoms with Gasteiger partial charge in [0.15, 0.2) is 5.76 Å². The number of aryl methyl sites for hydroxylation is 1. The summed E-state index contributed by atoms with van der Waals surface area (Å²) in [6.07, 6.45) is 1.36. The molecule has 0 atom stereocenters. The number of rotatable bonds is 7. The van der Waals surface area contributed by atoms with Crippen molar-refractivity contribution in [3.8, 4) is 17.3 Å². The van der Waals surface area contributed by atoms with Crippen LogP contribution in [0, 0.1) is 17.0 Å². The number of para-hydroxylation sites is 1. The Morgan fingerprint density at radius 1 is 1.05 bits per heavy atom. The summed E-state index contributed by atoms with van der Waals surface area (Å²) in [5.41, 5.74) is 2.76. The van der Waals surface area contributed by atoms with Gasteiger partial charge in [-0.3, -0.25) is 14.9 Å². The van der Waals surface area contributed by atoms with Crippen molar-refractivity contribution in [3.63, 3.8) is 0 Å². The van der Waals surface area contributed by atoms with Crippen LogP contribution < -0.4 is 10.3 Å². The summed E-state index contributed by atoms with van der Waals surface area (Å²) in [6.45, 7) is 2.12. The normalized spacial score (nSPS) is 11.5. The first-order chi connectivity index (χ1) is 20.3. The number of ether oxygens (including phenoxy) is 1. The van der Waals surface area contributed by atoms with Gasteiger partial charge in [0, 0.05) is 21.5 Å². The molecule has 4 aromatic carbocycles. The Kier molecular flexibility index (Phi) is 7.44. The number of nitro benzene ring substituents is 1. The van der Waals surface area contributed by atoms with Crippen molar-refractivity contribution in [2.75, 3.05) is 0 Å². The highest BCUT2D eigenvalue weighted by Crippen LogP contribution is 2.37. The number of benzene rings is 4. The fourth-order valence-electron chi connectivity index (χ4n) is 4.55. The highest BCUT2D eigenvalue weighted by molar-refractivity contribution is 9.10. The van der Waals surface area contributed by atoms with Crippen LogP contribution in [0.5, 0.6) is 5.75 Å². The van der Waals surface area contributed by atoms with Gasteiger partial charge in [0.1, 0.15) is 12.2 Å². The van der Waals surface area contributed by atoms with E-state index in [4.69, 9.17) is 9.15 Å². The predicted octanol–water partition coefficient (Wildman–Crippen LogP) is 8.01. The van der Waals surface area contributed by atoms with Crippen LogP contribution in [0.3, 0.4) is 0 Å². The number of aromatic nitrogens is 2. The Labute approximate surface area is 255 Å². The first-order valence-corrected chi connectivity index (χ1v) is 14.3. The Morgan fingerprint density at radius 3 is 2.69 bits per heavy atom. The Hall–Kier alpha value is -4.61. The molecule has 0 aliphatic rings. The predicted molar refractivity (Wildman–Crippen MR) is 168 cm³/mol. The number of halogens is 2. The van der Waals surface area contributed by atoms with Gasteiger partial charge in [-0.1, -0.05) is 57.9 Å². The van der Waals surface area contributed by atoms with Gasteiger partial charge < -0.3 is 9.15 Å². The average Bonchev–Trinajstić information content (AvgIpc) is 3.39. The minimum atomic E-state index is -0.518. The molecule has 42 heavy (non-hydrogen) atoms. The third-order valence-electron chi connectivity index (χ3n) is 6.48. The average molecular weight is 688 g/mol. The monoisotopic (exact) mass is 686 g/mol. The summed E-state index contributed by atoms with van der Waals surface area (Å²) in [7, 11) is 0. The van der Waals surface area contributed by atoms with Crippen molar-refractivity contribution >= 4 is 65.6 Å². The summed E-state index contributed by atoms with van der Waals surface area (Å²) in [4.78, 5) is 29.7. The molecule has 9 nitrogen and oxygen atoms in total. The molecule has 6 rings (SSSR count). The number of fused-ring (bicyclic) bond motifs is 2. The van der Waals surface area contributed by atoms with E-state index in [1.165, 1.54) is 12.3 Å². The molecule has 0 aliphatic heterocycles. The van der Waals surface area contributed by atoms with Gasteiger partial charge in [-0.05, 0) is 70.9 Å². The van der Waals surface area contributed by atoms with Crippen LogP contribution in [0.2, 0.25) is 0 Å². The van der Waals surface area contributed by atoms with Gasteiger partial charge >= 0.3 is 5.69 Å². The second-order valence-electron chi connectivity index (χ2n) is 9.49. The highest BCUT2D eigenvalue weighted by atomic mass is 79.9. The fraction of sp³-hybridized carbons (Fsp3) is 0.0645. The lowest BCUT2D eigenvalue weighted by molar-refractivity contribution is -0.386. The van der Waals surface area contributed by atoms with Gasteiger partial charge in [0.25, 0.3) is 5.56 Å². The van der Waals surface area contributed by atoms with Gasteiger partial charge in [-0.2, -0.15) is 9.78 Å². The molecule has 0 spiro atoms. The molecule has 0 amide bonds. The molecule has 2 aromatic heterocycles. The smallest absolute Gasteiger partial charge is 0.312 e. The van der Waals surface area contributed by atoms with Crippen LogP contribution in [-0.2, 0) is 6.61 Å². The third kappa shape index (κ3) is 5.48. The third-order valence-corrected chi connectivity index (χ3v) is 7.57. The lowest BCUT2D eigenvalue weighted by Gasteiger charge is -2.10. The van der Waals surface area contributed by atoms with Crippen LogP contribution in [0.25, 0.3) is 33.5 Å². The van der Waals surface area contributed by atoms with E-state index in [-0.39, 0.29) is 23.9 Å². The van der Waals surface area contributed by atoms with Gasteiger partial charge in [-0.25, -0.2) is 4.98 Å². The molecule has 0 N–H and O–H groups in total. The van der Waals surface area contributed by atoms with Gasteiger partial charge in [-0.15, -0.1) is 0 Å². The molecule has 0 unspecified atom stereocenters. The zero-order chi connectivity index (χ0) is 29.4. The van der Waals surface area contributed by atoms with E-state index in [0.717, 1.165) is 25.7 Å². The first-order valence-electron chi connectivity index (χ1n) is 12.7. The van der Waals surface area contributed by atoms with E-state index in [0.29, 0.717) is 32.3 Å². The largest absolute Gasteiger partial charge is 0.481 e. The topological polar surface area (TPSA) is 113 Å². The molecule has 0 aliphatic carbocycles. The van der Waals surface area contributed by atoms with Gasteiger partial charge in [0.05, 0.1) is 26.5 Å². The minimum Gasteiger partial charge on any atom is -0.481 e. The summed E-state index contributed by atoms with van der Waals surface area (Å²) in [6, 6.07) is 25.0. The Bertz CT molecular complexity index is 2100. The quantitative estimate of drug-likeness (QED) is 0.0955. The van der Waals surface area contributed by atoms with Crippen molar-refractivity contribution in [1.82, 2.24) is 9.66 Å². The van der Waals surface area contributed by atoms with Crippen molar-refractivity contribution in [3.05, 3.63) is 131 Å². The highest BCUT2D eigenvalue weighted by Gasteiger charge is 2.21. The van der Waals surface area contributed by atoms with Crippen molar-refractivity contribution in [1.29, 1.82) is 0 Å². The SMILES string of the molecule is Cc1cccc(COc2c(Br)cc(C=Nn3c(-c4cc5cc(Br)ccc5o4)nc4ccccc4c3=O)cc2[N+](=O)[O-])c1. The fourth-order valence-corrected chi connectivity index (χ4v) is 5.51. The van der Waals surface area contributed by atoms with Gasteiger partial charge in [0.2, 0.25) is 11.6 Å². The number of hydrogen-bond donors (Lipinski definition) is 0. The van der Waals surface area contributed by atoms with Crippen molar-refractivity contribution in [2.45, 2.75) is 13.5 Å². The molecule has 0 saturated heterocycles. The maximum Gasteiger partial charge on any atom is 0.312 e. The lowest BCUT2D eigenvalue weighted by Crippen LogP contribution is -2.20. The number of hydrogen-bond acceptors (Lipinski definition) is 7. The second kappa shape index (κ2) is 11.3. The van der Waals surface area contributed by atoms with Crippen LogP contribution in [0.1, 0.15) is 16.7 Å². The Morgan fingerprint density at radius 2 is 1.88 bits per heavy atom. The maximum atomic E-state index is 13.6. The molecule has 11 heteroatoms. The van der Waals surface area contributed by atoms with Crippen molar-refractivity contribution in [2.24, 2.45) is 5.10 Å². The molecule has 2 heterocycles. The zero-order valence-corrected chi connectivity index (χ0v) is 25.1. The molecule has 0 radical (unpaired) electrons. The van der Waals surface area contributed by atoms with E-state index in [2.05, 4.69) is 41.9 Å². The molecular weight excluding hydrogens is 668 g/mol. The molecule has 0 saturated carbocycles. The summed E-state index contributed by atoms with van der Waals surface area (Å²) in [5, 5.41) is 17.6. The van der Waals surface area contributed by atoms with Crippen LogP contribution in [0.15, 0.2) is 108 Å². The summed E-state index contributed by atoms with van der Waals surface area (Å²) < 4.78 is 14.3. The number of furan rings is 1. The maximum absolute atomic E-state index is 13.6. The van der Waals surface area contributed by atoms with E-state index < -0.39 is 10.5 Å². The van der Waals surface area contributed by atoms with Crippen LogP contribution >= 0.6 is 31.9 Å². The molecule has 0 bridgehead atoms. The summed E-state index contributed by atoms with van der Waals surface area (Å²) in [5.74, 6) is 0.626. The van der Waals surface area contributed by atoms with E-state index >= 15 is 0 Å². The molecular formula is C31H20Br2N4O5. The lowest BCUT2D eigenvalue weighted by atomic mass is 10.1.